The summed E-state index contributed by atoms with van der Waals surface area (Å²) in [7, 11) is 0. The van der Waals surface area contributed by atoms with Gasteiger partial charge in [-0.25, -0.2) is 0 Å². The third kappa shape index (κ3) is 5.64. The monoisotopic (exact) mass is 339 g/mol. The summed E-state index contributed by atoms with van der Waals surface area (Å²) in [5.74, 6) is -0.114. The van der Waals surface area contributed by atoms with Gasteiger partial charge >= 0.3 is 0 Å². The van der Waals surface area contributed by atoms with Crippen LogP contribution in [0.2, 0.25) is 0 Å². The summed E-state index contributed by atoms with van der Waals surface area (Å²) in [6.07, 6.45) is 0.375. The number of benzene rings is 2. The lowest BCUT2D eigenvalue weighted by atomic mass is 10.1. The quantitative estimate of drug-likeness (QED) is 0.745. The first-order chi connectivity index (χ1) is 11.8. The maximum absolute atomic E-state index is 12.2. The Labute approximate surface area is 148 Å². The molecule has 2 amide bonds. The van der Waals surface area contributed by atoms with Crippen molar-refractivity contribution in [3.8, 4) is 0 Å². The van der Waals surface area contributed by atoms with Crippen molar-refractivity contribution in [2.45, 2.75) is 34.1 Å². The smallest absolute Gasteiger partial charge is 0.226 e. The van der Waals surface area contributed by atoms with Gasteiger partial charge in [-0.15, -0.1) is 0 Å². The molecule has 3 N–H and O–H groups in total. The number of hydrogen-bond acceptors (Lipinski definition) is 3. The van der Waals surface area contributed by atoms with E-state index < -0.39 is 0 Å². The molecular weight excluding hydrogens is 314 g/mol. The van der Waals surface area contributed by atoms with Crippen LogP contribution in [0.4, 0.5) is 17.1 Å². The fraction of sp³-hybridized carbons (Fsp3) is 0.300. The number of carbonyl (C=O) groups excluding carboxylic acids is 2. The minimum absolute atomic E-state index is 0.0163. The molecule has 5 heteroatoms. The lowest BCUT2D eigenvalue weighted by Gasteiger charge is -2.13. The molecule has 0 aromatic heterocycles. The molecule has 2 rings (SSSR count). The minimum Gasteiger partial charge on any atom is -0.385 e. The van der Waals surface area contributed by atoms with Crippen molar-refractivity contribution >= 4 is 28.9 Å². The third-order valence-electron chi connectivity index (χ3n) is 3.83. The van der Waals surface area contributed by atoms with E-state index in [-0.39, 0.29) is 11.8 Å². The second kappa shape index (κ2) is 8.33. The van der Waals surface area contributed by atoms with Crippen LogP contribution in [0.3, 0.4) is 0 Å². The normalized spacial score (nSPS) is 10.2. The highest BCUT2D eigenvalue weighted by molar-refractivity contribution is 5.92. The standard InChI is InChI=1S/C20H25N3O2/c1-13-11-14(2)20(15(3)12-13)23-19(25)9-10-21-17-5-7-18(8-6-17)22-16(4)24/h5-8,11-12,21H,9-10H2,1-4H3,(H,22,24)(H,23,25). The van der Waals surface area contributed by atoms with Crippen LogP contribution >= 0.6 is 0 Å². The van der Waals surface area contributed by atoms with E-state index in [1.54, 1.807) is 0 Å². The van der Waals surface area contributed by atoms with Gasteiger partial charge in [0.05, 0.1) is 0 Å². The molecule has 0 saturated heterocycles. The molecule has 0 heterocycles. The van der Waals surface area contributed by atoms with Gasteiger partial charge in [-0.1, -0.05) is 17.7 Å². The number of carbonyl (C=O) groups is 2. The Morgan fingerprint density at radius 2 is 1.44 bits per heavy atom. The largest absolute Gasteiger partial charge is 0.385 e. The number of rotatable bonds is 6. The zero-order chi connectivity index (χ0) is 18.4. The Bertz CT molecular complexity index is 744. The van der Waals surface area contributed by atoms with Crippen LogP contribution in [0.1, 0.15) is 30.0 Å². The number of anilines is 3. The molecule has 0 fully saturated rings. The second-order valence-electron chi connectivity index (χ2n) is 6.26. The Morgan fingerprint density at radius 3 is 2.00 bits per heavy atom. The lowest BCUT2D eigenvalue weighted by Crippen LogP contribution is -2.17. The number of aryl methyl sites for hydroxylation is 3. The van der Waals surface area contributed by atoms with Gasteiger partial charge in [0.15, 0.2) is 0 Å². The van der Waals surface area contributed by atoms with Crippen LogP contribution in [0.5, 0.6) is 0 Å². The summed E-state index contributed by atoms with van der Waals surface area (Å²) in [5, 5.41) is 8.92. The van der Waals surface area contributed by atoms with E-state index in [0.717, 1.165) is 28.2 Å². The van der Waals surface area contributed by atoms with Crippen molar-refractivity contribution in [3.63, 3.8) is 0 Å². The average Bonchev–Trinajstić information content (AvgIpc) is 2.52. The van der Waals surface area contributed by atoms with Crippen molar-refractivity contribution in [1.29, 1.82) is 0 Å². The van der Waals surface area contributed by atoms with E-state index in [1.807, 2.05) is 45.0 Å². The average molecular weight is 339 g/mol. The molecular formula is C20H25N3O2. The SMILES string of the molecule is CC(=O)Nc1ccc(NCCC(=O)Nc2c(C)cc(C)cc2C)cc1. The molecule has 0 spiro atoms. The van der Waals surface area contributed by atoms with Gasteiger partial charge < -0.3 is 16.0 Å². The first-order valence-corrected chi connectivity index (χ1v) is 8.34. The highest BCUT2D eigenvalue weighted by atomic mass is 16.2. The maximum atomic E-state index is 12.2. The highest BCUT2D eigenvalue weighted by Crippen LogP contribution is 2.22. The van der Waals surface area contributed by atoms with Gasteiger partial charge in [0.25, 0.3) is 0 Å². The number of nitrogens with one attached hydrogen (secondary N) is 3. The highest BCUT2D eigenvalue weighted by Gasteiger charge is 2.08. The predicted molar refractivity (Wildman–Crippen MR) is 103 cm³/mol. The Morgan fingerprint density at radius 1 is 0.880 bits per heavy atom. The summed E-state index contributed by atoms with van der Waals surface area (Å²) in [6.45, 7) is 8.07. The van der Waals surface area contributed by atoms with Gasteiger partial charge in [-0.2, -0.15) is 0 Å². The van der Waals surface area contributed by atoms with Crippen molar-refractivity contribution in [2.75, 3.05) is 22.5 Å². The molecule has 0 atom stereocenters. The van der Waals surface area contributed by atoms with E-state index in [9.17, 15) is 9.59 Å². The van der Waals surface area contributed by atoms with Gasteiger partial charge in [0.2, 0.25) is 11.8 Å². The zero-order valence-electron chi connectivity index (χ0n) is 15.2. The molecule has 0 aliphatic heterocycles. The first kappa shape index (κ1) is 18.5. The zero-order valence-corrected chi connectivity index (χ0v) is 15.2. The van der Waals surface area contributed by atoms with Crippen LogP contribution in [-0.2, 0) is 9.59 Å². The topological polar surface area (TPSA) is 70.2 Å². The van der Waals surface area contributed by atoms with Crippen molar-refractivity contribution < 1.29 is 9.59 Å². The van der Waals surface area contributed by atoms with Crippen molar-refractivity contribution in [3.05, 3.63) is 53.1 Å². The lowest BCUT2D eigenvalue weighted by molar-refractivity contribution is -0.116. The fourth-order valence-corrected chi connectivity index (χ4v) is 2.77. The third-order valence-corrected chi connectivity index (χ3v) is 3.83. The van der Waals surface area contributed by atoms with Gasteiger partial charge in [-0.05, 0) is 56.2 Å². The predicted octanol–water partition coefficient (Wildman–Crippen LogP) is 4.01. The first-order valence-electron chi connectivity index (χ1n) is 8.34. The number of hydrogen-bond donors (Lipinski definition) is 3. The Hall–Kier alpha value is -2.82. The molecule has 25 heavy (non-hydrogen) atoms. The summed E-state index contributed by atoms with van der Waals surface area (Å²) < 4.78 is 0. The number of amides is 2. The molecule has 2 aromatic carbocycles. The Balaban J connectivity index is 1.84. The van der Waals surface area contributed by atoms with Crippen molar-refractivity contribution in [2.24, 2.45) is 0 Å². The van der Waals surface area contributed by atoms with E-state index in [0.29, 0.717) is 13.0 Å². The molecule has 0 aliphatic carbocycles. The summed E-state index contributed by atoms with van der Waals surface area (Å²) >= 11 is 0. The molecule has 0 radical (unpaired) electrons. The molecule has 0 unspecified atom stereocenters. The summed E-state index contributed by atoms with van der Waals surface area (Å²) in [4.78, 5) is 23.2. The summed E-state index contributed by atoms with van der Waals surface area (Å²) in [6, 6.07) is 11.5. The van der Waals surface area contributed by atoms with Crippen LogP contribution in [0.25, 0.3) is 0 Å². The maximum Gasteiger partial charge on any atom is 0.226 e. The van der Waals surface area contributed by atoms with E-state index in [4.69, 9.17) is 0 Å². The molecule has 0 bridgehead atoms. The molecule has 0 saturated carbocycles. The van der Waals surface area contributed by atoms with E-state index in [2.05, 4.69) is 28.1 Å². The summed E-state index contributed by atoms with van der Waals surface area (Å²) in [5.41, 5.74) is 5.90. The minimum atomic E-state index is -0.0981. The molecule has 5 nitrogen and oxygen atoms in total. The molecule has 2 aromatic rings. The van der Waals surface area contributed by atoms with Crippen LogP contribution < -0.4 is 16.0 Å². The van der Waals surface area contributed by atoms with Crippen LogP contribution in [-0.4, -0.2) is 18.4 Å². The van der Waals surface area contributed by atoms with Crippen LogP contribution in [0, 0.1) is 20.8 Å². The fourth-order valence-electron chi connectivity index (χ4n) is 2.77. The second-order valence-corrected chi connectivity index (χ2v) is 6.26. The molecule has 132 valence electrons. The van der Waals surface area contributed by atoms with Gasteiger partial charge in [0, 0.05) is 37.0 Å². The van der Waals surface area contributed by atoms with Gasteiger partial charge in [-0.3, -0.25) is 9.59 Å². The van der Waals surface area contributed by atoms with E-state index >= 15 is 0 Å². The van der Waals surface area contributed by atoms with Crippen LogP contribution in [0.15, 0.2) is 36.4 Å². The van der Waals surface area contributed by atoms with Gasteiger partial charge in [0.1, 0.15) is 0 Å². The van der Waals surface area contributed by atoms with Crippen molar-refractivity contribution in [1.82, 2.24) is 0 Å². The molecule has 0 aliphatic rings. The van der Waals surface area contributed by atoms with E-state index in [1.165, 1.54) is 12.5 Å². The Kier molecular flexibility index (Phi) is 6.17.